The number of ether oxygens (including phenoxy) is 1. The highest BCUT2D eigenvalue weighted by Gasteiger charge is 2.12. The third kappa shape index (κ3) is 4.05. The third-order valence-corrected chi connectivity index (χ3v) is 2.75. The van der Waals surface area contributed by atoms with Gasteiger partial charge in [-0.3, -0.25) is 0 Å². The molecule has 0 amide bonds. The Labute approximate surface area is 129 Å². The van der Waals surface area contributed by atoms with Crippen LogP contribution in [0, 0.1) is 0 Å². The molecule has 0 unspecified atom stereocenters. The van der Waals surface area contributed by atoms with Crippen molar-refractivity contribution in [1.29, 1.82) is 0 Å². The van der Waals surface area contributed by atoms with Gasteiger partial charge in [0.2, 0.25) is 5.95 Å². The van der Waals surface area contributed by atoms with Gasteiger partial charge in [0.15, 0.2) is 0 Å². The maximum Gasteiger partial charge on any atom is 0.340 e. The van der Waals surface area contributed by atoms with Crippen LogP contribution in [0.1, 0.15) is 17.3 Å². The average molecular weight is 298 g/mol. The van der Waals surface area contributed by atoms with Crippen molar-refractivity contribution in [3.8, 4) is 0 Å². The van der Waals surface area contributed by atoms with Gasteiger partial charge in [-0.25, -0.2) is 9.78 Å². The number of para-hydroxylation sites is 1. The summed E-state index contributed by atoms with van der Waals surface area (Å²) in [6, 6.07) is 8.85. The Bertz CT molecular complexity index is 658. The molecule has 22 heavy (non-hydrogen) atoms. The van der Waals surface area contributed by atoms with Crippen molar-refractivity contribution in [1.82, 2.24) is 9.97 Å². The first-order valence-corrected chi connectivity index (χ1v) is 6.95. The van der Waals surface area contributed by atoms with Gasteiger partial charge < -0.3 is 15.4 Å². The van der Waals surface area contributed by atoms with Gasteiger partial charge in [-0.05, 0) is 25.1 Å². The number of hydrogen-bond donors (Lipinski definition) is 2. The Balaban J connectivity index is 2.20. The Hall–Kier alpha value is -2.89. The summed E-state index contributed by atoms with van der Waals surface area (Å²) in [4.78, 5) is 20.4. The molecule has 0 radical (unpaired) electrons. The predicted molar refractivity (Wildman–Crippen MR) is 86.4 cm³/mol. The molecule has 0 aliphatic rings. The number of carbonyl (C=O) groups is 1. The second kappa shape index (κ2) is 7.78. The normalized spacial score (nSPS) is 9.86. The molecule has 6 nitrogen and oxygen atoms in total. The lowest BCUT2D eigenvalue weighted by molar-refractivity contribution is 0.0527. The highest BCUT2D eigenvalue weighted by molar-refractivity contribution is 5.96. The molecule has 114 valence electrons. The largest absolute Gasteiger partial charge is 0.462 e. The number of nitrogens with one attached hydrogen (secondary N) is 2. The molecule has 0 aliphatic carbocycles. The molecule has 0 saturated carbocycles. The van der Waals surface area contributed by atoms with Crippen LogP contribution in [0.3, 0.4) is 0 Å². The van der Waals surface area contributed by atoms with Crippen LogP contribution in [0.25, 0.3) is 0 Å². The Morgan fingerprint density at radius 2 is 2.18 bits per heavy atom. The number of hydrogen-bond acceptors (Lipinski definition) is 6. The zero-order chi connectivity index (χ0) is 15.8. The fourth-order valence-electron chi connectivity index (χ4n) is 1.79. The van der Waals surface area contributed by atoms with Crippen molar-refractivity contribution in [3.63, 3.8) is 0 Å². The van der Waals surface area contributed by atoms with Crippen molar-refractivity contribution >= 4 is 23.4 Å². The smallest absolute Gasteiger partial charge is 0.340 e. The van der Waals surface area contributed by atoms with Gasteiger partial charge in [0.05, 0.1) is 17.9 Å². The van der Waals surface area contributed by atoms with E-state index in [4.69, 9.17) is 4.74 Å². The minimum absolute atomic E-state index is 0.330. The van der Waals surface area contributed by atoms with Gasteiger partial charge in [0.25, 0.3) is 0 Å². The van der Waals surface area contributed by atoms with Gasteiger partial charge in [-0.1, -0.05) is 18.2 Å². The van der Waals surface area contributed by atoms with Crippen molar-refractivity contribution in [2.75, 3.05) is 23.8 Å². The standard InChI is InChI=1S/C16H18N4O2/c1-3-10-17-16-18-11-9-14(20-16)19-13-8-6-5-7-12(13)15(21)22-4-2/h3,5-9,11H,1,4,10H2,2H3,(H2,17,18,19,20). The van der Waals surface area contributed by atoms with E-state index in [1.165, 1.54) is 0 Å². The molecule has 2 rings (SSSR count). The molecule has 1 aromatic carbocycles. The molecule has 2 N–H and O–H groups in total. The fraction of sp³-hybridized carbons (Fsp3) is 0.188. The van der Waals surface area contributed by atoms with Crippen molar-refractivity contribution in [2.45, 2.75) is 6.92 Å². The highest BCUT2D eigenvalue weighted by Crippen LogP contribution is 2.20. The van der Waals surface area contributed by atoms with Gasteiger partial charge in [0, 0.05) is 12.7 Å². The molecule has 0 fully saturated rings. The van der Waals surface area contributed by atoms with E-state index in [-0.39, 0.29) is 5.97 Å². The summed E-state index contributed by atoms with van der Waals surface area (Å²) < 4.78 is 5.05. The number of carbonyl (C=O) groups excluding carboxylic acids is 1. The van der Waals surface area contributed by atoms with Crippen LogP contribution in [0.4, 0.5) is 17.5 Å². The molecule has 0 atom stereocenters. The summed E-state index contributed by atoms with van der Waals surface area (Å²) in [5, 5.41) is 6.12. The summed E-state index contributed by atoms with van der Waals surface area (Å²) in [7, 11) is 0. The lowest BCUT2D eigenvalue weighted by Crippen LogP contribution is -2.09. The van der Waals surface area contributed by atoms with Gasteiger partial charge >= 0.3 is 5.97 Å². The van der Waals surface area contributed by atoms with Crippen LogP contribution in [-0.2, 0) is 4.74 Å². The second-order valence-electron chi connectivity index (χ2n) is 4.33. The SMILES string of the molecule is C=CCNc1nccc(Nc2ccccc2C(=O)OCC)n1. The number of anilines is 3. The fourth-order valence-corrected chi connectivity index (χ4v) is 1.79. The Morgan fingerprint density at radius 3 is 2.95 bits per heavy atom. The molecule has 0 bridgehead atoms. The molecule has 0 saturated heterocycles. The minimum atomic E-state index is -0.371. The quantitative estimate of drug-likeness (QED) is 0.604. The van der Waals surface area contributed by atoms with Crippen molar-refractivity contribution in [3.05, 3.63) is 54.7 Å². The topological polar surface area (TPSA) is 76.1 Å². The molecule has 0 spiro atoms. The number of benzene rings is 1. The van der Waals surface area contributed by atoms with E-state index >= 15 is 0 Å². The summed E-state index contributed by atoms with van der Waals surface area (Å²) in [5.74, 6) is 0.696. The number of nitrogens with zero attached hydrogens (tertiary/aromatic N) is 2. The predicted octanol–water partition coefficient (Wildman–Crippen LogP) is 2.99. The lowest BCUT2D eigenvalue weighted by Gasteiger charge is -2.11. The van der Waals surface area contributed by atoms with Crippen LogP contribution in [0.5, 0.6) is 0 Å². The highest BCUT2D eigenvalue weighted by atomic mass is 16.5. The van der Waals surface area contributed by atoms with Crippen molar-refractivity contribution in [2.24, 2.45) is 0 Å². The molecule has 0 aliphatic heterocycles. The van der Waals surface area contributed by atoms with Crippen LogP contribution in [-0.4, -0.2) is 29.1 Å². The Morgan fingerprint density at radius 1 is 1.36 bits per heavy atom. The summed E-state index contributed by atoms with van der Waals surface area (Å²) in [6.45, 7) is 6.30. The molecule has 6 heteroatoms. The number of aromatic nitrogens is 2. The van der Waals surface area contributed by atoms with E-state index in [0.29, 0.717) is 36.2 Å². The first-order chi connectivity index (χ1) is 10.7. The maximum absolute atomic E-state index is 11.9. The maximum atomic E-state index is 11.9. The first-order valence-electron chi connectivity index (χ1n) is 6.95. The lowest BCUT2D eigenvalue weighted by atomic mass is 10.2. The Kier molecular flexibility index (Phi) is 5.48. The van der Waals surface area contributed by atoms with E-state index in [0.717, 1.165) is 0 Å². The molecule has 2 aromatic rings. The van der Waals surface area contributed by atoms with E-state index in [9.17, 15) is 4.79 Å². The van der Waals surface area contributed by atoms with Gasteiger partial charge in [-0.2, -0.15) is 4.98 Å². The molecule has 1 heterocycles. The molecular weight excluding hydrogens is 280 g/mol. The van der Waals surface area contributed by atoms with Crippen LogP contribution in [0.2, 0.25) is 0 Å². The number of esters is 1. The van der Waals surface area contributed by atoms with E-state index in [2.05, 4.69) is 27.2 Å². The summed E-state index contributed by atoms with van der Waals surface area (Å²) in [6.07, 6.45) is 3.35. The van der Waals surface area contributed by atoms with Gasteiger partial charge in [0.1, 0.15) is 5.82 Å². The minimum Gasteiger partial charge on any atom is -0.462 e. The van der Waals surface area contributed by atoms with Gasteiger partial charge in [-0.15, -0.1) is 6.58 Å². The van der Waals surface area contributed by atoms with E-state index in [1.54, 1.807) is 43.5 Å². The molecular formula is C16H18N4O2. The number of rotatable bonds is 7. The molecule has 1 aromatic heterocycles. The second-order valence-corrected chi connectivity index (χ2v) is 4.33. The zero-order valence-electron chi connectivity index (χ0n) is 12.4. The summed E-state index contributed by atoms with van der Waals surface area (Å²) >= 11 is 0. The third-order valence-electron chi connectivity index (χ3n) is 2.75. The summed E-state index contributed by atoms with van der Waals surface area (Å²) in [5.41, 5.74) is 1.10. The zero-order valence-corrected chi connectivity index (χ0v) is 12.4. The monoisotopic (exact) mass is 298 g/mol. The van der Waals surface area contributed by atoms with E-state index in [1.807, 2.05) is 6.07 Å². The first kappa shape index (κ1) is 15.5. The van der Waals surface area contributed by atoms with Crippen LogP contribution < -0.4 is 10.6 Å². The van der Waals surface area contributed by atoms with E-state index < -0.39 is 0 Å². The average Bonchev–Trinajstić information content (AvgIpc) is 2.54. The van der Waals surface area contributed by atoms with Crippen molar-refractivity contribution < 1.29 is 9.53 Å². The van der Waals surface area contributed by atoms with Crippen LogP contribution in [0.15, 0.2) is 49.2 Å². The van der Waals surface area contributed by atoms with Crippen LogP contribution >= 0.6 is 0 Å².